The van der Waals surface area contributed by atoms with E-state index in [2.05, 4.69) is 4.98 Å². The molecule has 0 fully saturated rings. The lowest BCUT2D eigenvalue weighted by Crippen LogP contribution is -2.32. The van der Waals surface area contributed by atoms with Gasteiger partial charge in [-0.05, 0) is 41.8 Å². The van der Waals surface area contributed by atoms with E-state index in [0.29, 0.717) is 30.5 Å². The van der Waals surface area contributed by atoms with Gasteiger partial charge >= 0.3 is 11.7 Å². The highest BCUT2D eigenvalue weighted by Gasteiger charge is 2.29. The average molecular weight is 538 g/mol. The first-order valence-corrected chi connectivity index (χ1v) is 11.5. The van der Waals surface area contributed by atoms with Crippen LogP contribution in [0.2, 0.25) is 0 Å². The molecule has 13 heteroatoms. The third kappa shape index (κ3) is 4.37. The second-order valence-electron chi connectivity index (χ2n) is 8.75. The second-order valence-corrected chi connectivity index (χ2v) is 8.75. The van der Waals surface area contributed by atoms with Crippen molar-refractivity contribution >= 4 is 28.5 Å². The molecule has 2 aromatic heterocycles. The van der Waals surface area contributed by atoms with Crippen LogP contribution in [0.5, 0.6) is 11.5 Å². The van der Waals surface area contributed by atoms with Crippen LogP contribution >= 0.6 is 0 Å². The second kappa shape index (κ2) is 9.67. The van der Waals surface area contributed by atoms with Crippen LogP contribution in [-0.4, -0.2) is 46.3 Å². The summed E-state index contributed by atoms with van der Waals surface area (Å²) in [7, 11) is 3.00. The van der Waals surface area contributed by atoms with Gasteiger partial charge in [-0.3, -0.25) is 19.5 Å². The summed E-state index contributed by atoms with van der Waals surface area (Å²) in [6.45, 7) is 0.502. The van der Waals surface area contributed by atoms with Crippen molar-refractivity contribution in [1.29, 1.82) is 0 Å². The number of aromatic carboxylic acids is 1. The maximum atomic E-state index is 14.8. The van der Waals surface area contributed by atoms with Crippen molar-refractivity contribution < 1.29 is 33.1 Å². The van der Waals surface area contributed by atoms with Gasteiger partial charge in [-0.1, -0.05) is 0 Å². The van der Waals surface area contributed by atoms with E-state index in [0.717, 1.165) is 40.1 Å². The van der Waals surface area contributed by atoms with Gasteiger partial charge in [0.25, 0.3) is 0 Å². The van der Waals surface area contributed by atoms with Crippen LogP contribution < -0.4 is 19.8 Å². The number of pyridine rings is 2. The van der Waals surface area contributed by atoms with Crippen molar-refractivity contribution in [2.75, 3.05) is 25.7 Å². The third-order valence-electron chi connectivity index (χ3n) is 6.55. The Labute approximate surface area is 218 Å². The first kappa shape index (κ1) is 25.6. The molecule has 0 amide bonds. The Balaban J connectivity index is 1.75. The Kier molecular flexibility index (Phi) is 6.34. The summed E-state index contributed by atoms with van der Waals surface area (Å²) in [5.41, 5.74) is -1.09. The highest BCUT2D eigenvalue weighted by atomic mass is 19.1. The van der Waals surface area contributed by atoms with Gasteiger partial charge in [-0.2, -0.15) is 0 Å². The zero-order valence-electron chi connectivity index (χ0n) is 20.6. The predicted octanol–water partition coefficient (Wildman–Crippen LogP) is 3.85. The molecule has 1 aliphatic heterocycles. The van der Waals surface area contributed by atoms with Crippen LogP contribution in [0.4, 0.5) is 20.3 Å². The molecule has 3 heterocycles. The van der Waals surface area contributed by atoms with Crippen LogP contribution in [0.1, 0.15) is 21.5 Å². The van der Waals surface area contributed by atoms with E-state index < -0.39 is 44.6 Å². The number of hydrogen-bond acceptors (Lipinski definition) is 8. The number of halogens is 2. The Morgan fingerprint density at radius 3 is 2.41 bits per heavy atom. The number of benzene rings is 2. The fraction of sp³-hybridized carbons (Fsp3) is 0.192. The lowest BCUT2D eigenvalue weighted by molar-refractivity contribution is -0.384. The van der Waals surface area contributed by atoms with E-state index in [1.54, 1.807) is 11.0 Å². The first-order valence-electron chi connectivity index (χ1n) is 11.5. The highest BCUT2D eigenvalue weighted by Crippen LogP contribution is 2.37. The molecule has 4 aromatic rings. The summed E-state index contributed by atoms with van der Waals surface area (Å²) < 4.78 is 40.1. The molecule has 0 unspecified atom stereocenters. The van der Waals surface area contributed by atoms with Crippen molar-refractivity contribution in [2.45, 2.75) is 13.0 Å². The molecule has 200 valence electrons. The Bertz CT molecular complexity index is 1740. The van der Waals surface area contributed by atoms with Crippen molar-refractivity contribution in [3.8, 4) is 17.2 Å². The van der Waals surface area contributed by atoms with Gasteiger partial charge in [-0.25, -0.2) is 18.6 Å². The minimum absolute atomic E-state index is 0.105. The summed E-state index contributed by atoms with van der Waals surface area (Å²) in [5.74, 6) is -2.64. The largest absolute Gasteiger partial charge is 0.493 e. The van der Waals surface area contributed by atoms with Gasteiger partial charge in [0, 0.05) is 31.4 Å². The van der Waals surface area contributed by atoms with Crippen LogP contribution in [0.25, 0.3) is 16.7 Å². The first-order chi connectivity index (χ1) is 18.6. The average Bonchev–Trinajstić information content (AvgIpc) is 2.91. The Hall–Kier alpha value is -5.07. The van der Waals surface area contributed by atoms with Gasteiger partial charge in [0.1, 0.15) is 17.2 Å². The van der Waals surface area contributed by atoms with E-state index in [4.69, 9.17) is 9.47 Å². The standard InChI is InChI=1S/C26H20F2N4O7/c1-38-21-7-13-5-6-30(11-14(13)8-22(21)39-2)25-20(32(36)37)10-16-23(33)17(26(34)35)12-31(24(16)29-25)19-4-3-15(27)9-18(19)28/h3-4,7-10,12H,5-6,11H2,1-2H3,(H,34,35). The molecule has 1 aliphatic rings. The van der Waals surface area contributed by atoms with E-state index in [9.17, 15) is 33.6 Å². The fourth-order valence-corrected chi connectivity index (χ4v) is 4.67. The summed E-state index contributed by atoms with van der Waals surface area (Å²) in [6, 6.07) is 7.13. The molecule has 0 aliphatic carbocycles. The van der Waals surface area contributed by atoms with Gasteiger partial charge in [0.05, 0.1) is 30.2 Å². The molecule has 39 heavy (non-hydrogen) atoms. The predicted molar refractivity (Wildman–Crippen MR) is 135 cm³/mol. The monoisotopic (exact) mass is 538 g/mol. The molecule has 0 radical (unpaired) electrons. The third-order valence-corrected chi connectivity index (χ3v) is 6.55. The highest BCUT2D eigenvalue weighted by molar-refractivity contribution is 5.93. The van der Waals surface area contributed by atoms with Gasteiger partial charge in [0.15, 0.2) is 17.1 Å². The zero-order chi connectivity index (χ0) is 28.0. The lowest BCUT2D eigenvalue weighted by atomic mass is 9.98. The molecule has 2 aromatic carbocycles. The maximum Gasteiger partial charge on any atom is 0.341 e. The molecule has 0 spiro atoms. The molecular formula is C26H20F2N4O7. The summed E-state index contributed by atoms with van der Waals surface area (Å²) in [5, 5.41) is 21.3. The normalized spacial score (nSPS) is 12.8. The van der Waals surface area contributed by atoms with Crippen LogP contribution in [0.3, 0.4) is 0 Å². The van der Waals surface area contributed by atoms with E-state index in [1.165, 1.54) is 14.2 Å². The minimum Gasteiger partial charge on any atom is -0.493 e. The summed E-state index contributed by atoms with van der Waals surface area (Å²) in [4.78, 5) is 42.2. The number of carboxylic acid groups (broad SMARTS) is 1. The molecule has 0 saturated heterocycles. The van der Waals surface area contributed by atoms with E-state index >= 15 is 0 Å². The molecule has 0 saturated carbocycles. The van der Waals surface area contributed by atoms with Crippen molar-refractivity contribution in [1.82, 2.24) is 9.55 Å². The topological polar surface area (TPSA) is 137 Å². The number of rotatable bonds is 6. The molecule has 1 N–H and O–H groups in total. The van der Waals surface area contributed by atoms with E-state index in [1.807, 2.05) is 6.07 Å². The number of carboxylic acids is 1. The number of anilines is 1. The van der Waals surface area contributed by atoms with Gasteiger partial charge in [-0.15, -0.1) is 0 Å². The van der Waals surface area contributed by atoms with Crippen molar-refractivity contribution in [2.24, 2.45) is 0 Å². The SMILES string of the molecule is COc1cc2c(cc1OC)CN(c1nc3c(cc1[N+](=O)[O-])c(=O)c(C(=O)O)cn3-c1ccc(F)cc1F)CC2. The molecule has 0 bridgehead atoms. The number of nitro groups is 1. The van der Waals surface area contributed by atoms with Gasteiger partial charge in [0.2, 0.25) is 11.2 Å². The fourth-order valence-electron chi connectivity index (χ4n) is 4.67. The van der Waals surface area contributed by atoms with Crippen LogP contribution in [-0.2, 0) is 13.0 Å². The van der Waals surface area contributed by atoms with Crippen LogP contribution in [0.15, 0.2) is 47.4 Å². The number of methoxy groups -OCH3 is 2. The molecule has 11 nitrogen and oxygen atoms in total. The Morgan fingerprint density at radius 1 is 1.10 bits per heavy atom. The molecule has 5 rings (SSSR count). The maximum absolute atomic E-state index is 14.8. The summed E-state index contributed by atoms with van der Waals surface area (Å²) in [6.07, 6.45) is 1.35. The summed E-state index contributed by atoms with van der Waals surface area (Å²) >= 11 is 0. The Morgan fingerprint density at radius 2 is 1.79 bits per heavy atom. The quantitative estimate of drug-likeness (QED) is 0.287. The van der Waals surface area contributed by atoms with E-state index in [-0.39, 0.29) is 23.7 Å². The van der Waals surface area contributed by atoms with Crippen LogP contribution in [0, 0.1) is 21.7 Å². The minimum atomic E-state index is -1.62. The number of ether oxygens (including phenoxy) is 2. The smallest absolute Gasteiger partial charge is 0.341 e. The number of carbonyl (C=O) groups is 1. The van der Waals surface area contributed by atoms with Crippen molar-refractivity contribution in [3.63, 3.8) is 0 Å². The van der Waals surface area contributed by atoms with Gasteiger partial charge < -0.3 is 19.5 Å². The molecular weight excluding hydrogens is 518 g/mol. The van der Waals surface area contributed by atoms with Crippen molar-refractivity contribution in [3.05, 3.63) is 91.3 Å². The molecule has 0 atom stereocenters. The number of hydrogen-bond donors (Lipinski definition) is 1. The lowest BCUT2D eigenvalue weighted by Gasteiger charge is -2.30. The number of aromatic nitrogens is 2. The number of nitrogens with zero attached hydrogens (tertiary/aromatic N) is 4. The number of fused-ring (bicyclic) bond motifs is 2. The zero-order valence-corrected chi connectivity index (χ0v) is 20.6.